The lowest BCUT2D eigenvalue weighted by Gasteiger charge is -2.27. The van der Waals surface area contributed by atoms with Gasteiger partial charge in [0, 0.05) is 49.8 Å². The molecule has 25 heavy (non-hydrogen) atoms. The summed E-state index contributed by atoms with van der Waals surface area (Å²) < 4.78 is 5.42. The van der Waals surface area contributed by atoms with Crippen molar-refractivity contribution in [2.75, 3.05) is 37.4 Å². The maximum atomic E-state index is 7.81. The standard InChI is InChI=1S/C18H24N6O/c1-12(19)15-7-14(8-22-18(15)20)16-9-21-10-17(23-16)24(2)11-13-3-5-25-6-4-13/h7-10,13,19H,3-6,11H2,1-2H3,(H2,20,22). The van der Waals surface area contributed by atoms with E-state index in [9.17, 15) is 0 Å². The summed E-state index contributed by atoms with van der Waals surface area (Å²) in [5.74, 6) is 1.81. The molecule has 1 aliphatic heterocycles. The average molecular weight is 340 g/mol. The molecule has 3 rings (SSSR count). The number of anilines is 2. The molecule has 7 nitrogen and oxygen atoms in total. The molecular formula is C18H24N6O. The van der Waals surface area contributed by atoms with Crippen LogP contribution in [-0.4, -0.2) is 47.5 Å². The Kier molecular flexibility index (Phi) is 5.23. The first-order chi connectivity index (χ1) is 12.0. The quantitative estimate of drug-likeness (QED) is 0.810. The van der Waals surface area contributed by atoms with Crippen molar-refractivity contribution in [2.24, 2.45) is 5.92 Å². The molecule has 2 aromatic rings. The summed E-state index contributed by atoms with van der Waals surface area (Å²) >= 11 is 0. The molecule has 132 valence electrons. The molecule has 1 saturated heterocycles. The van der Waals surface area contributed by atoms with Crippen molar-refractivity contribution in [3.8, 4) is 11.3 Å². The number of ether oxygens (including phenoxy) is 1. The Labute approximate surface area is 147 Å². The lowest BCUT2D eigenvalue weighted by Crippen LogP contribution is -2.30. The Morgan fingerprint density at radius 3 is 2.80 bits per heavy atom. The Morgan fingerprint density at radius 2 is 2.08 bits per heavy atom. The third-order valence-electron chi connectivity index (χ3n) is 4.50. The predicted octanol–water partition coefficient (Wildman–Crippen LogP) is 2.37. The van der Waals surface area contributed by atoms with Gasteiger partial charge in [0.15, 0.2) is 0 Å². The summed E-state index contributed by atoms with van der Waals surface area (Å²) in [5.41, 5.74) is 8.39. The maximum absolute atomic E-state index is 7.81. The summed E-state index contributed by atoms with van der Waals surface area (Å²) in [6, 6.07) is 1.84. The second kappa shape index (κ2) is 7.57. The van der Waals surface area contributed by atoms with E-state index >= 15 is 0 Å². The molecule has 0 atom stereocenters. The van der Waals surface area contributed by atoms with E-state index in [2.05, 4.69) is 14.9 Å². The fourth-order valence-corrected chi connectivity index (χ4v) is 3.00. The minimum Gasteiger partial charge on any atom is -0.383 e. The molecule has 7 heteroatoms. The molecule has 0 spiro atoms. The van der Waals surface area contributed by atoms with Gasteiger partial charge in [-0.1, -0.05) is 0 Å². The van der Waals surface area contributed by atoms with Gasteiger partial charge in [-0.25, -0.2) is 9.97 Å². The number of nitrogens with one attached hydrogen (secondary N) is 1. The third kappa shape index (κ3) is 4.11. The van der Waals surface area contributed by atoms with Crippen molar-refractivity contribution in [3.63, 3.8) is 0 Å². The van der Waals surface area contributed by atoms with Crippen LogP contribution in [0.15, 0.2) is 24.7 Å². The van der Waals surface area contributed by atoms with Crippen LogP contribution in [-0.2, 0) is 4.74 Å². The Morgan fingerprint density at radius 1 is 1.32 bits per heavy atom. The summed E-state index contributed by atoms with van der Waals surface area (Å²) in [5, 5.41) is 7.81. The van der Waals surface area contributed by atoms with Crippen LogP contribution in [0.4, 0.5) is 11.6 Å². The number of hydrogen-bond acceptors (Lipinski definition) is 7. The summed E-state index contributed by atoms with van der Waals surface area (Å²) in [6.45, 7) is 4.31. The molecule has 0 bridgehead atoms. The molecular weight excluding hydrogens is 316 g/mol. The van der Waals surface area contributed by atoms with Crippen LogP contribution in [0.2, 0.25) is 0 Å². The monoisotopic (exact) mass is 340 g/mol. The van der Waals surface area contributed by atoms with Gasteiger partial charge in [0.25, 0.3) is 0 Å². The lowest BCUT2D eigenvalue weighted by molar-refractivity contribution is 0.0685. The Balaban J connectivity index is 1.81. The van der Waals surface area contributed by atoms with Gasteiger partial charge in [-0.3, -0.25) is 4.98 Å². The highest BCUT2D eigenvalue weighted by molar-refractivity contribution is 6.01. The maximum Gasteiger partial charge on any atom is 0.147 e. The van der Waals surface area contributed by atoms with Gasteiger partial charge in [-0.15, -0.1) is 0 Å². The minimum atomic E-state index is 0.358. The molecule has 0 aliphatic carbocycles. The molecule has 1 aliphatic rings. The van der Waals surface area contributed by atoms with Crippen LogP contribution < -0.4 is 10.6 Å². The molecule has 1 fully saturated rings. The number of nitrogens with zero attached hydrogens (tertiary/aromatic N) is 4. The van der Waals surface area contributed by atoms with Crippen molar-refractivity contribution in [2.45, 2.75) is 19.8 Å². The van der Waals surface area contributed by atoms with E-state index < -0.39 is 0 Å². The normalized spacial score (nSPS) is 15.1. The topological polar surface area (TPSA) is 101 Å². The molecule has 2 aromatic heterocycles. The van der Waals surface area contributed by atoms with E-state index in [0.29, 0.717) is 23.0 Å². The molecule has 3 heterocycles. The van der Waals surface area contributed by atoms with Gasteiger partial charge in [0.2, 0.25) is 0 Å². The van der Waals surface area contributed by atoms with Gasteiger partial charge in [0.05, 0.1) is 18.1 Å². The Bertz CT molecular complexity index is 757. The second-order valence-electron chi connectivity index (χ2n) is 6.48. The van der Waals surface area contributed by atoms with Crippen LogP contribution in [0.1, 0.15) is 25.3 Å². The summed E-state index contributed by atoms with van der Waals surface area (Å²) in [7, 11) is 2.04. The molecule has 0 amide bonds. The van der Waals surface area contributed by atoms with Crippen LogP contribution in [0, 0.1) is 11.3 Å². The number of aromatic nitrogens is 3. The first-order valence-electron chi connectivity index (χ1n) is 8.47. The zero-order chi connectivity index (χ0) is 17.8. The van der Waals surface area contributed by atoms with E-state index in [0.717, 1.165) is 49.7 Å². The van der Waals surface area contributed by atoms with E-state index in [1.54, 1.807) is 25.5 Å². The highest BCUT2D eigenvalue weighted by Gasteiger charge is 2.17. The van der Waals surface area contributed by atoms with Gasteiger partial charge in [-0.2, -0.15) is 0 Å². The fourth-order valence-electron chi connectivity index (χ4n) is 3.00. The smallest absolute Gasteiger partial charge is 0.147 e. The van der Waals surface area contributed by atoms with Gasteiger partial charge in [-0.05, 0) is 31.7 Å². The molecule has 0 aromatic carbocycles. The number of nitrogens with two attached hydrogens (primary N) is 1. The second-order valence-corrected chi connectivity index (χ2v) is 6.48. The number of rotatable bonds is 5. The van der Waals surface area contributed by atoms with Gasteiger partial charge in [0.1, 0.15) is 11.6 Å². The highest BCUT2D eigenvalue weighted by Crippen LogP contribution is 2.23. The predicted molar refractivity (Wildman–Crippen MR) is 99.0 cm³/mol. The van der Waals surface area contributed by atoms with Crippen molar-refractivity contribution < 1.29 is 4.74 Å². The fraction of sp³-hybridized carbons (Fsp3) is 0.444. The summed E-state index contributed by atoms with van der Waals surface area (Å²) in [6.07, 6.45) is 7.33. The van der Waals surface area contributed by atoms with Crippen molar-refractivity contribution >= 4 is 17.3 Å². The molecule has 3 N–H and O–H groups in total. The largest absolute Gasteiger partial charge is 0.383 e. The lowest BCUT2D eigenvalue weighted by atomic mass is 10.00. The van der Waals surface area contributed by atoms with Crippen LogP contribution in [0.3, 0.4) is 0 Å². The molecule has 0 unspecified atom stereocenters. The van der Waals surface area contributed by atoms with Gasteiger partial charge < -0.3 is 20.8 Å². The summed E-state index contributed by atoms with van der Waals surface area (Å²) in [4.78, 5) is 15.4. The molecule has 0 radical (unpaired) electrons. The van der Waals surface area contributed by atoms with E-state index in [1.165, 1.54) is 0 Å². The van der Waals surface area contributed by atoms with Crippen molar-refractivity contribution in [1.29, 1.82) is 5.41 Å². The minimum absolute atomic E-state index is 0.358. The zero-order valence-electron chi connectivity index (χ0n) is 14.7. The van der Waals surface area contributed by atoms with Gasteiger partial charge >= 0.3 is 0 Å². The molecule has 0 saturated carbocycles. The van der Waals surface area contributed by atoms with E-state index in [-0.39, 0.29) is 0 Å². The van der Waals surface area contributed by atoms with Crippen LogP contribution in [0.25, 0.3) is 11.3 Å². The number of nitrogen functional groups attached to an aromatic ring is 1. The van der Waals surface area contributed by atoms with Crippen LogP contribution in [0.5, 0.6) is 0 Å². The Hall–Kier alpha value is -2.54. The average Bonchev–Trinajstić information content (AvgIpc) is 2.63. The zero-order valence-corrected chi connectivity index (χ0v) is 14.7. The first-order valence-corrected chi connectivity index (χ1v) is 8.47. The number of hydrogen-bond donors (Lipinski definition) is 2. The third-order valence-corrected chi connectivity index (χ3v) is 4.50. The first kappa shape index (κ1) is 17.3. The number of pyridine rings is 1. The van der Waals surface area contributed by atoms with E-state index in [4.69, 9.17) is 20.9 Å². The SMILES string of the molecule is CC(=N)c1cc(-c2cncc(N(C)CC3CCOCC3)n2)cnc1N. The van der Waals surface area contributed by atoms with E-state index in [1.807, 2.05) is 13.1 Å². The van der Waals surface area contributed by atoms with Crippen molar-refractivity contribution in [1.82, 2.24) is 15.0 Å². The highest BCUT2D eigenvalue weighted by atomic mass is 16.5. The van der Waals surface area contributed by atoms with Crippen LogP contribution >= 0.6 is 0 Å². The van der Waals surface area contributed by atoms with Crippen molar-refractivity contribution in [3.05, 3.63) is 30.2 Å².